The molecule has 0 radical (unpaired) electrons. The van der Waals surface area contributed by atoms with Gasteiger partial charge >= 0.3 is 0 Å². The molecule has 150 valence electrons. The number of thiophene rings is 1. The molecule has 2 aromatic rings. The van der Waals surface area contributed by atoms with Gasteiger partial charge in [-0.3, -0.25) is 14.9 Å². The SMILES string of the molecule is Cc1cc(C(=O)N(Cc2ccsc2)C2CC23CCNCC3)ccc1[N+](=O)[O-].Cl. The summed E-state index contributed by atoms with van der Waals surface area (Å²) in [5, 5.41) is 18.6. The van der Waals surface area contributed by atoms with Crippen LogP contribution in [0.2, 0.25) is 0 Å². The lowest BCUT2D eigenvalue weighted by atomic mass is 9.93. The van der Waals surface area contributed by atoms with E-state index in [1.807, 2.05) is 10.3 Å². The van der Waals surface area contributed by atoms with Crippen LogP contribution in [0.1, 0.15) is 40.7 Å². The van der Waals surface area contributed by atoms with E-state index in [2.05, 4.69) is 16.8 Å². The van der Waals surface area contributed by atoms with Crippen LogP contribution in [0.4, 0.5) is 5.69 Å². The fraction of sp³-hybridized carbons (Fsp3) is 0.450. The molecule has 1 unspecified atom stereocenters. The molecule has 8 heteroatoms. The summed E-state index contributed by atoms with van der Waals surface area (Å²) >= 11 is 1.63. The lowest BCUT2D eigenvalue weighted by Gasteiger charge is -2.29. The minimum Gasteiger partial charge on any atom is -0.331 e. The summed E-state index contributed by atoms with van der Waals surface area (Å²) in [5.74, 6) is -0.0281. The number of benzene rings is 1. The van der Waals surface area contributed by atoms with E-state index >= 15 is 0 Å². The van der Waals surface area contributed by atoms with Crippen molar-refractivity contribution < 1.29 is 9.72 Å². The number of amides is 1. The van der Waals surface area contributed by atoms with Gasteiger partial charge < -0.3 is 10.2 Å². The van der Waals surface area contributed by atoms with Gasteiger partial charge in [-0.05, 0) is 79.2 Å². The Bertz CT molecular complexity index is 866. The maximum absolute atomic E-state index is 13.4. The number of nitro groups is 1. The minimum atomic E-state index is -0.405. The van der Waals surface area contributed by atoms with Crippen LogP contribution in [-0.4, -0.2) is 34.9 Å². The topological polar surface area (TPSA) is 75.5 Å². The van der Waals surface area contributed by atoms with Crippen molar-refractivity contribution in [1.82, 2.24) is 10.2 Å². The summed E-state index contributed by atoms with van der Waals surface area (Å²) in [6.07, 6.45) is 3.26. The van der Waals surface area contributed by atoms with Crippen LogP contribution in [0, 0.1) is 22.5 Å². The van der Waals surface area contributed by atoms with Gasteiger partial charge in [0.15, 0.2) is 0 Å². The molecule has 1 atom stereocenters. The fourth-order valence-corrected chi connectivity index (χ4v) is 4.95. The second-order valence-corrected chi connectivity index (χ2v) is 8.44. The number of aryl methyl sites for hydroxylation is 1. The minimum absolute atomic E-state index is 0. The standard InChI is InChI=1S/C20H23N3O3S.ClH/c1-14-10-16(2-3-17(14)23(25)26)19(24)22(12-15-4-9-27-13-15)18-11-20(18)5-7-21-8-6-20;/h2-4,9-10,13,18,21H,5-8,11-12H2,1H3;1H. The van der Waals surface area contributed by atoms with E-state index in [1.165, 1.54) is 6.07 Å². The Hall–Kier alpha value is -1.96. The summed E-state index contributed by atoms with van der Waals surface area (Å²) in [5.41, 5.74) is 2.49. The van der Waals surface area contributed by atoms with Crippen LogP contribution in [0.5, 0.6) is 0 Å². The predicted octanol–water partition coefficient (Wildman–Crippen LogP) is 4.17. The van der Waals surface area contributed by atoms with Crippen molar-refractivity contribution in [1.29, 1.82) is 0 Å². The molecule has 0 bridgehead atoms. The van der Waals surface area contributed by atoms with Crippen LogP contribution < -0.4 is 5.32 Å². The molecule has 1 spiro atoms. The average molecular weight is 422 g/mol. The first-order valence-corrected chi connectivity index (χ1v) is 10.2. The van der Waals surface area contributed by atoms with Crippen molar-refractivity contribution in [2.45, 2.75) is 38.8 Å². The highest BCUT2D eigenvalue weighted by Gasteiger charge is 2.57. The zero-order valence-corrected chi connectivity index (χ0v) is 17.4. The summed E-state index contributed by atoms with van der Waals surface area (Å²) in [6.45, 7) is 4.29. The molecule has 1 aromatic carbocycles. The van der Waals surface area contributed by atoms with Crippen LogP contribution in [0.3, 0.4) is 0 Å². The Kier molecular flexibility index (Phi) is 6.07. The van der Waals surface area contributed by atoms with Crippen molar-refractivity contribution in [2.24, 2.45) is 5.41 Å². The van der Waals surface area contributed by atoms with Gasteiger partial charge in [-0.25, -0.2) is 0 Å². The van der Waals surface area contributed by atoms with Crippen molar-refractivity contribution >= 4 is 35.3 Å². The maximum atomic E-state index is 13.4. The Labute approximate surface area is 174 Å². The van der Waals surface area contributed by atoms with E-state index in [4.69, 9.17) is 0 Å². The summed E-state index contributed by atoms with van der Waals surface area (Å²) < 4.78 is 0. The number of carbonyl (C=O) groups excluding carboxylic acids is 1. The molecule has 1 saturated heterocycles. The molecule has 1 saturated carbocycles. The van der Waals surface area contributed by atoms with E-state index in [9.17, 15) is 14.9 Å². The highest BCUT2D eigenvalue weighted by Crippen LogP contribution is 2.56. The van der Waals surface area contributed by atoms with Gasteiger partial charge in [0.25, 0.3) is 11.6 Å². The fourth-order valence-electron chi connectivity index (χ4n) is 4.29. The molecule has 1 aromatic heterocycles. The molecule has 2 aliphatic rings. The first-order valence-electron chi connectivity index (χ1n) is 9.28. The van der Waals surface area contributed by atoms with Gasteiger partial charge in [-0.2, -0.15) is 11.3 Å². The first kappa shape index (κ1) is 20.8. The monoisotopic (exact) mass is 421 g/mol. The van der Waals surface area contributed by atoms with E-state index in [0.29, 0.717) is 17.7 Å². The van der Waals surface area contributed by atoms with Gasteiger partial charge in [0, 0.05) is 29.8 Å². The molecule has 1 aliphatic carbocycles. The van der Waals surface area contributed by atoms with E-state index in [-0.39, 0.29) is 35.5 Å². The second-order valence-electron chi connectivity index (χ2n) is 7.66. The molecule has 2 heterocycles. The second kappa shape index (κ2) is 8.19. The van der Waals surface area contributed by atoms with E-state index in [1.54, 1.807) is 30.4 Å². The molecular weight excluding hydrogens is 398 g/mol. The number of carbonyl (C=O) groups is 1. The van der Waals surface area contributed by atoms with Gasteiger partial charge in [-0.1, -0.05) is 0 Å². The predicted molar refractivity (Wildman–Crippen MR) is 112 cm³/mol. The molecule has 2 fully saturated rings. The number of hydrogen-bond donors (Lipinski definition) is 1. The van der Waals surface area contributed by atoms with Gasteiger partial charge in [-0.15, -0.1) is 12.4 Å². The largest absolute Gasteiger partial charge is 0.331 e. The molecule has 28 heavy (non-hydrogen) atoms. The highest BCUT2D eigenvalue weighted by molar-refractivity contribution is 7.07. The third-order valence-corrected chi connectivity index (χ3v) is 6.69. The maximum Gasteiger partial charge on any atom is 0.272 e. The Morgan fingerprint density at radius 2 is 2.11 bits per heavy atom. The zero-order valence-electron chi connectivity index (χ0n) is 15.7. The van der Waals surface area contributed by atoms with Gasteiger partial charge in [0.2, 0.25) is 0 Å². The lowest BCUT2D eigenvalue weighted by molar-refractivity contribution is -0.385. The number of rotatable bonds is 5. The molecular formula is C20H24ClN3O3S. The van der Waals surface area contributed by atoms with Crippen molar-refractivity contribution in [3.8, 4) is 0 Å². The van der Waals surface area contributed by atoms with Gasteiger partial charge in [0.05, 0.1) is 4.92 Å². The van der Waals surface area contributed by atoms with Crippen molar-refractivity contribution in [3.05, 3.63) is 61.8 Å². The Morgan fingerprint density at radius 1 is 1.36 bits per heavy atom. The number of piperidine rings is 1. The first-order chi connectivity index (χ1) is 13.0. The number of nitrogens with zero attached hydrogens (tertiary/aromatic N) is 2. The molecule has 1 N–H and O–H groups in total. The molecule has 1 aliphatic heterocycles. The number of nitro benzene ring substituents is 1. The quantitative estimate of drug-likeness (QED) is 0.580. The number of nitrogens with one attached hydrogen (secondary N) is 1. The molecule has 4 rings (SSSR count). The van der Waals surface area contributed by atoms with Crippen molar-refractivity contribution in [3.63, 3.8) is 0 Å². The van der Waals surface area contributed by atoms with Gasteiger partial charge in [0.1, 0.15) is 0 Å². The summed E-state index contributed by atoms with van der Waals surface area (Å²) in [6, 6.07) is 6.99. The summed E-state index contributed by atoms with van der Waals surface area (Å²) in [4.78, 5) is 26.0. The van der Waals surface area contributed by atoms with Crippen LogP contribution in [0.15, 0.2) is 35.0 Å². The Balaban J connectivity index is 0.00000225. The van der Waals surface area contributed by atoms with E-state index < -0.39 is 4.92 Å². The van der Waals surface area contributed by atoms with Crippen LogP contribution in [-0.2, 0) is 6.54 Å². The lowest BCUT2D eigenvalue weighted by Crippen LogP contribution is -2.39. The molecule has 1 amide bonds. The Morgan fingerprint density at radius 3 is 2.71 bits per heavy atom. The third-order valence-electron chi connectivity index (χ3n) is 5.96. The van der Waals surface area contributed by atoms with E-state index in [0.717, 1.165) is 37.9 Å². The smallest absolute Gasteiger partial charge is 0.272 e. The summed E-state index contributed by atoms with van der Waals surface area (Å²) in [7, 11) is 0. The van der Waals surface area contributed by atoms with Crippen LogP contribution in [0.25, 0.3) is 0 Å². The zero-order chi connectivity index (χ0) is 19.0. The molecule has 6 nitrogen and oxygen atoms in total. The third kappa shape index (κ3) is 3.92. The van der Waals surface area contributed by atoms with Crippen molar-refractivity contribution in [2.75, 3.05) is 13.1 Å². The number of halogens is 1. The highest BCUT2D eigenvalue weighted by atomic mass is 35.5. The van der Waals surface area contributed by atoms with Crippen LogP contribution >= 0.6 is 23.7 Å². The number of hydrogen-bond acceptors (Lipinski definition) is 5. The average Bonchev–Trinajstić information content (AvgIpc) is 3.08. The normalized spacial score (nSPS) is 19.7.